The Bertz CT molecular complexity index is 827. The maximum absolute atomic E-state index is 12.6. The van der Waals surface area contributed by atoms with Crippen molar-refractivity contribution in [2.75, 3.05) is 13.1 Å². The number of carbonyl (C=O) groups excluding carboxylic acids is 2. The lowest BCUT2D eigenvalue weighted by atomic mass is 10.0. The number of alkyl halides is 3. The van der Waals surface area contributed by atoms with Gasteiger partial charge in [0.15, 0.2) is 0 Å². The van der Waals surface area contributed by atoms with Gasteiger partial charge in [-0.2, -0.15) is 13.2 Å². The highest BCUT2D eigenvalue weighted by Crippen LogP contribution is 2.29. The molecular formula is C22H23F3N2O2. The molecule has 3 rings (SSSR count). The van der Waals surface area contributed by atoms with E-state index in [0.717, 1.165) is 17.7 Å². The molecule has 0 radical (unpaired) electrons. The van der Waals surface area contributed by atoms with Crippen LogP contribution in [-0.2, 0) is 17.4 Å². The summed E-state index contributed by atoms with van der Waals surface area (Å²) in [5.41, 5.74) is 0.537. The molecule has 4 nitrogen and oxygen atoms in total. The van der Waals surface area contributed by atoms with Crippen molar-refractivity contribution in [2.45, 2.75) is 37.9 Å². The Morgan fingerprint density at radius 1 is 0.966 bits per heavy atom. The molecule has 1 N–H and O–H groups in total. The van der Waals surface area contributed by atoms with Crippen LogP contribution < -0.4 is 5.32 Å². The minimum Gasteiger partial charge on any atom is -0.349 e. The minimum absolute atomic E-state index is 0.0945. The third-order valence-corrected chi connectivity index (χ3v) is 5.13. The number of rotatable bonds is 5. The molecule has 0 unspecified atom stereocenters. The van der Waals surface area contributed by atoms with E-state index in [4.69, 9.17) is 0 Å². The Kier molecular flexibility index (Phi) is 6.56. The van der Waals surface area contributed by atoms with Gasteiger partial charge in [0.25, 0.3) is 5.91 Å². The van der Waals surface area contributed by atoms with Crippen molar-refractivity contribution in [1.82, 2.24) is 10.2 Å². The van der Waals surface area contributed by atoms with Gasteiger partial charge in [0.1, 0.15) is 0 Å². The third kappa shape index (κ3) is 5.82. The van der Waals surface area contributed by atoms with Gasteiger partial charge in [0.2, 0.25) is 5.91 Å². The van der Waals surface area contributed by atoms with E-state index < -0.39 is 17.6 Å². The zero-order valence-electron chi connectivity index (χ0n) is 15.9. The number of hydrogen-bond donors (Lipinski definition) is 1. The first kappa shape index (κ1) is 20.9. The fourth-order valence-electron chi connectivity index (χ4n) is 3.41. The van der Waals surface area contributed by atoms with Crippen molar-refractivity contribution in [2.24, 2.45) is 0 Å². The van der Waals surface area contributed by atoms with Crippen LogP contribution in [0.5, 0.6) is 0 Å². The Balaban J connectivity index is 1.44. The van der Waals surface area contributed by atoms with Gasteiger partial charge in [-0.15, -0.1) is 0 Å². The number of halogens is 3. The zero-order chi connectivity index (χ0) is 20.9. The van der Waals surface area contributed by atoms with Gasteiger partial charge in [-0.1, -0.05) is 30.3 Å². The Morgan fingerprint density at radius 2 is 1.59 bits per heavy atom. The standard InChI is InChI=1S/C22H23F3N2O2/c23-22(24,25)18-9-7-17(8-10-18)21(29)26-19-12-14-27(15-13-19)20(28)11-6-16-4-2-1-3-5-16/h1-5,7-10,19H,6,11-15H2,(H,26,29). The number of aryl methyl sites for hydroxylation is 1. The van der Waals surface area contributed by atoms with E-state index in [0.29, 0.717) is 38.8 Å². The molecule has 7 heteroatoms. The molecule has 29 heavy (non-hydrogen) atoms. The van der Waals surface area contributed by atoms with Gasteiger partial charge in [-0.3, -0.25) is 9.59 Å². The monoisotopic (exact) mass is 404 g/mol. The van der Waals surface area contributed by atoms with Crippen LogP contribution >= 0.6 is 0 Å². The van der Waals surface area contributed by atoms with Crippen molar-refractivity contribution < 1.29 is 22.8 Å². The van der Waals surface area contributed by atoms with E-state index in [1.165, 1.54) is 12.1 Å². The predicted molar refractivity (Wildman–Crippen MR) is 103 cm³/mol. The lowest BCUT2D eigenvalue weighted by molar-refractivity contribution is -0.137. The maximum Gasteiger partial charge on any atom is 0.416 e. The van der Waals surface area contributed by atoms with Crippen LogP contribution in [0.15, 0.2) is 54.6 Å². The Labute approximate surface area is 167 Å². The summed E-state index contributed by atoms with van der Waals surface area (Å²) in [6, 6.07) is 13.9. The van der Waals surface area contributed by atoms with Crippen molar-refractivity contribution in [3.8, 4) is 0 Å². The van der Waals surface area contributed by atoms with Crippen LogP contribution in [0, 0.1) is 0 Å². The first-order valence-corrected chi connectivity index (χ1v) is 9.63. The predicted octanol–water partition coefficient (Wildman–Crippen LogP) is 4.06. The molecule has 1 saturated heterocycles. The highest BCUT2D eigenvalue weighted by Gasteiger charge is 2.30. The summed E-state index contributed by atoms with van der Waals surface area (Å²) in [4.78, 5) is 26.5. The molecule has 1 heterocycles. The summed E-state index contributed by atoms with van der Waals surface area (Å²) in [7, 11) is 0. The number of benzene rings is 2. The summed E-state index contributed by atoms with van der Waals surface area (Å²) in [5, 5.41) is 2.85. The maximum atomic E-state index is 12.6. The first-order chi connectivity index (χ1) is 13.8. The molecule has 0 spiro atoms. The molecular weight excluding hydrogens is 381 g/mol. The molecule has 0 saturated carbocycles. The molecule has 0 aliphatic carbocycles. The number of carbonyl (C=O) groups is 2. The normalized spacial score (nSPS) is 15.2. The second-order valence-electron chi connectivity index (χ2n) is 7.19. The van der Waals surface area contributed by atoms with E-state index in [1.807, 2.05) is 35.2 Å². The summed E-state index contributed by atoms with van der Waals surface area (Å²) in [6.07, 6.45) is -2.02. The average molecular weight is 404 g/mol. The van der Waals surface area contributed by atoms with E-state index in [9.17, 15) is 22.8 Å². The van der Waals surface area contributed by atoms with Crippen LogP contribution in [0.2, 0.25) is 0 Å². The number of nitrogens with zero attached hydrogens (tertiary/aromatic N) is 1. The molecule has 154 valence electrons. The minimum atomic E-state index is -4.42. The second kappa shape index (κ2) is 9.11. The molecule has 2 aromatic rings. The second-order valence-corrected chi connectivity index (χ2v) is 7.19. The summed E-state index contributed by atoms with van der Waals surface area (Å²) < 4.78 is 37.8. The number of piperidine rings is 1. The van der Waals surface area contributed by atoms with Crippen molar-refractivity contribution >= 4 is 11.8 Å². The first-order valence-electron chi connectivity index (χ1n) is 9.63. The topological polar surface area (TPSA) is 49.4 Å². The molecule has 2 amide bonds. The number of amides is 2. The van der Waals surface area contributed by atoms with Crippen molar-refractivity contribution in [1.29, 1.82) is 0 Å². The van der Waals surface area contributed by atoms with Crippen LogP contribution in [0.25, 0.3) is 0 Å². The van der Waals surface area contributed by atoms with E-state index >= 15 is 0 Å². The van der Waals surface area contributed by atoms with Gasteiger partial charge < -0.3 is 10.2 Å². The average Bonchev–Trinajstić information content (AvgIpc) is 2.73. The lowest BCUT2D eigenvalue weighted by Gasteiger charge is -2.32. The van der Waals surface area contributed by atoms with Crippen molar-refractivity contribution in [3.63, 3.8) is 0 Å². The van der Waals surface area contributed by atoms with Gasteiger partial charge in [-0.05, 0) is 49.1 Å². The van der Waals surface area contributed by atoms with Crippen LogP contribution in [0.4, 0.5) is 13.2 Å². The molecule has 1 fully saturated rings. The number of hydrogen-bond acceptors (Lipinski definition) is 2. The quantitative estimate of drug-likeness (QED) is 0.817. The summed E-state index contributed by atoms with van der Waals surface area (Å²) >= 11 is 0. The largest absolute Gasteiger partial charge is 0.416 e. The highest BCUT2D eigenvalue weighted by atomic mass is 19.4. The summed E-state index contributed by atoms with van der Waals surface area (Å²) in [6.45, 7) is 1.12. The smallest absolute Gasteiger partial charge is 0.349 e. The van der Waals surface area contributed by atoms with Crippen molar-refractivity contribution in [3.05, 3.63) is 71.3 Å². The fourth-order valence-corrected chi connectivity index (χ4v) is 3.41. The van der Waals surface area contributed by atoms with Crippen LogP contribution in [0.3, 0.4) is 0 Å². The van der Waals surface area contributed by atoms with Gasteiger partial charge in [0, 0.05) is 31.1 Å². The van der Waals surface area contributed by atoms with Gasteiger partial charge >= 0.3 is 6.18 Å². The molecule has 2 aromatic carbocycles. The number of nitrogens with one attached hydrogen (secondary N) is 1. The van der Waals surface area contributed by atoms with Gasteiger partial charge in [0.05, 0.1) is 5.56 Å². The van der Waals surface area contributed by atoms with E-state index in [-0.39, 0.29) is 17.5 Å². The number of likely N-dealkylation sites (tertiary alicyclic amines) is 1. The van der Waals surface area contributed by atoms with Crippen LogP contribution in [0.1, 0.15) is 40.7 Å². The fraction of sp³-hybridized carbons (Fsp3) is 0.364. The van der Waals surface area contributed by atoms with Crippen LogP contribution in [-0.4, -0.2) is 35.8 Å². The molecule has 1 aliphatic heterocycles. The summed E-state index contributed by atoms with van der Waals surface area (Å²) in [5.74, 6) is -0.297. The highest BCUT2D eigenvalue weighted by molar-refractivity contribution is 5.94. The van der Waals surface area contributed by atoms with E-state index in [1.54, 1.807) is 0 Å². The molecule has 0 atom stereocenters. The molecule has 0 aromatic heterocycles. The Hall–Kier alpha value is -2.83. The molecule has 1 aliphatic rings. The Morgan fingerprint density at radius 3 is 2.17 bits per heavy atom. The SMILES string of the molecule is O=C(NC1CCN(C(=O)CCc2ccccc2)CC1)c1ccc(C(F)(F)F)cc1. The van der Waals surface area contributed by atoms with Gasteiger partial charge in [-0.25, -0.2) is 0 Å². The lowest BCUT2D eigenvalue weighted by Crippen LogP contribution is -2.46. The zero-order valence-corrected chi connectivity index (χ0v) is 15.9. The molecule has 0 bridgehead atoms. The van der Waals surface area contributed by atoms with E-state index in [2.05, 4.69) is 5.32 Å². The third-order valence-electron chi connectivity index (χ3n) is 5.13.